The van der Waals surface area contributed by atoms with E-state index >= 15 is 0 Å². The van der Waals surface area contributed by atoms with E-state index in [2.05, 4.69) is 20.9 Å². The van der Waals surface area contributed by atoms with Gasteiger partial charge in [-0.1, -0.05) is 24.3 Å². The quantitative estimate of drug-likeness (QED) is 0.0371. The number of ether oxygens (including phenoxy) is 1. The van der Waals surface area contributed by atoms with E-state index in [1.807, 2.05) is 0 Å². The molecule has 0 bridgehead atoms. The minimum absolute atomic E-state index is 0.00373. The lowest BCUT2D eigenvalue weighted by atomic mass is 10.0. The fourth-order valence-corrected chi connectivity index (χ4v) is 5.44. The van der Waals surface area contributed by atoms with Gasteiger partial charge in [-0.3, -0.25) is 24.2 Å². The summed E-state index contributed by atoms with van der Waals surface area (Å²) in [5, 5.41) is 36.9. The summed E-state index contributed by atoms with van der Waals surface area (Å²) in [6, 6.07) is 6.24. The second kappa shape index (κ2) is 18.9. The second-order valence-electron chi connectivity index (χ2n) is 11.9. The molecule has 17 nitrogen and oxygen atoms in total. The Morgan fingerprint density at radius 1 is 0.880 bits per heavy atom. The van der Waals surface area contributed by atoms with E-state index in [4.69, 9.17) is 21.9 Å². The van der Waals surface area contributed by atoms with E-state index in [1.54, 1.807) is 24.3 Å². The van der Waals surface area contributed by atoms with Gasteiger partial charge in [-0.15, -0.1) is 0 Å². The number of esters is 1. The number of nitrogens with one attached hydrogen (secondary N) is 3. The largest absolute Gasteiger partial charge is 0.508 e. The zero-order valence-corrected chi connectivity index (χ0v) is 27.8. The number of amides is 4. The molecule has 5 atom stereocenters. The molecule has 3 rings (SSSR count). The van der Waals surface area contributed by atoms with Crippen molar-refractivity contribution in [1.29, 1.82) is 0 Å². The minimum Gasteiger partial charge on any atom is -0.508 e. The van der Waals surface area contributed by atoms with Gasteiger partial charge in [0.25, 0.3) is 0 Å². The molecule has 2 aromatic carbocycles. The molecule has 1 aliphatic rings. The lowest BCUT2D eigenvalue weighted by Gasteiger charge is -2.30. The summed E-state index contributed by atoms with van der Waals surface area (Å²) in [4.78, 5) is 71.3. The van der Waals surface area contributed by atoms with Crippen LogP contribution in [0.25, 0.3) is 0 Å². The van der Waals surface area contributed by atoms with Gasteiger partial charge in [-0.25, -0.2) is 4.79 Å². The van der Waals surface area contributed by atoms with E-state index in [-0.39, 0.29) is 56.2 Å². The molecule has 0 aromatic heterocycles. The first-order valence-electron chi connectivity index (χ1n) is 16.1. The van der Waals surface area contributed by atoms with Gasteiger partial charge < -0.3 is 58.1 Å². The number of likely N-dealkylation sites (tertiary alicyclic amines) is 1. The highest BCUT2D eigenvalue weighted by molar-refractivity contribution is 5.96. The molecule has 17 heteroatoms. The molecule has 1 saturated heterocycles. The Labute approximate surface area is 289 Å². The molecule has 1 aliphatic heterocycles. The molecule has 12 N–H and O–H groups in total. The number of rotatable bonds is 17. The van der Waals surface area contributed by atoms with Crippen molar-refractivity contribution in [2.45, 2.75) is 68.7 Å². The number of benzene rings is 2. The topological polar surface area (TPSA) is 285 Å². The summed E-state index contributed by atoms with van der Waals surface area (Å²) in [5.41, 5.74) is 18.0. The van der Waals surface area contributed by atoms with E-state index < -0.39 is 66.4 Å². The van der Waals surface area contributed by atoms with Crippen molar-refractivity contribution in [3.63, 3.8) is 0 Å². The lowest BCUT2D eigenvalue weighted by Crippen LogP contribution is -2.59. The fraction of sp³-hybridized carbons (Fsp3) is 0.455. The molecule has 1 fully saturated rings. The predicted molar refractivity (Wildman–Crippen MR) is 181 cm³/mol. The number of nitrogens with zero attached hydrogens (tertiary/aromatic N) is 2. The van der Waals surface area contributed by atoms with Crippen molar-refractivity contribution >= 4 is 35.6 Å². The summed E-state index contributed by atoms with van der Waals surface area (Å²) in [6.07, 6.45) is 1.36. The molecule has 0 aliphatic carbocycles. The van der Waals surface area contributed by atoms with Crippen LogP contribution in [0.2, 0.25) is 0 Å². The average Bonchev–Trinajstić information content (AvgIpc) is 3.59. The number of nitrogens with two attached hydrogens (primary N) is 3. The first-order valence-corrected chi connectivity index (χ1v) is 16.1. The smallest absolute Gasteiger partial charge is 0.328 e. The summed E-state index contributed by atoms with van der Waals surface area (Å²) >= 11 is 0. The number of aliphatic imine (C=N–C) groups is 1. The van der Waals surface area contributed by atoms with Gasteiger partial charge in [0.2, 0.25) is 23.6 Å². The first kappa shape index (κ1) is 39.0. The van der Waals surface area contributed by atoms with E-state index in [0.717, 1.165) is 7.11 Å². The Morgan fingerprint density at radius 2 is 1.44 bits per heavy atom. The van der Waals surface area contributed by atoms with Crippen LogP contribution in [0.1, 0.15) is 36.8 Å². The van der Waals surface area contributed by atoms with Crippen LogP contribution in [0.3, 0.4) is 0 Å². The Kier molecular flexibility index (Phi) is 14.8. The Morgan fingerprint density at radius 3 is 1.98 bits per heavy atom. The third-order valence-electron chi connectivity index (χ3n) is 8.13. The summed E-state index contributed by atoms with van der Waals surface area (Å²) in [7, 11) is 1.15. The van der Waals surface area contributed by atoms with Crippen LogP contribution in [-0.2, 0) is 41.6 Å². The number of carbonyl (C=O) groups is 5. The molecule has 0 radical (unpaired) electrons. The van der Waals surface area contributed by atoms with Gasteiger partial charge in [0.05, 0.1) is 19.8 Å². The van der Waals surface area contributed by atoms with Crippen LogP contribution in [0.5, 0.6) is 11.5 Å². The number of phenolic OH excluding ortho intramolecular Hbond substituents is 2. The minimum atomic E-state index is -1.48. The van der Waals surface area contributed by atoms with Crippen molar-refractivity contribution < 1.29 is 44.0 Å². The number of phenols is 2. The Balaban J connectivity index is 1.72. The molecule has 1 heterocycles. The van der Waals surface area contributed by atoms with E-state index in [0.29, 0.717) is 24.0 Å². The Hall–Kier alpha value is -5.42. The standard InChI is InChI=1S/C33H46N8O9/c1-50-32(49)25(17-20-8-12-22(44)13-9-20)39-29(46)26(18-42)40-30(47)27-5-3-15-41(27)31(48)24(16-19-6-10-21(43)11-7-19)38-28(45)23(34)4-2-14-37-33(35)36/h6-13,23-27,42-44H,2-5,14-18,34H2,1H3,(H,38,45)(H,39,46)(H,40,47)(H4,35,36,37)/t23-,24-,25-,26-,27-/m0/s1. The van der Waals surface area contributed by atoms with Gasteiger partial charge in [0, 0.05) is 25.9 Å². The van der Waals surface area contributed by atoms with Gasteiger partial charge in [-0.2, -0.15) is 0 Å². The molecule has 2 aromatic rings. The normalized spacial score (nSPS) is 16.3. The number of guanidine groups is 1. The number of aliphatic hydroxyl groups excluding tert-OH is 1. The number of carbonyl (C=O) groups excluding carboxylic acids is 5. The van der Waals surface area contributed by atoms with E-state index in [9.17, 15) is 39.3 Å². The summed E-state index contributed by atoms with van der Waals surface area (Å²) in [6.45, 7) is -0.374. The molecule has 0 unspecified atom stereocenters. The highest BCUT2D eigenvalue weighted by atomic mass is 16.5. The monoisotopic (exact) mass is 698 g/mol. The van der Waals surface area contributed by atoms with Gasteiger partial charge >= 0.3 is 5.97 Å². The second-order valence-corrected chi connectivity index (χ2v) is 11.9. The van der Waals surface area contributed by atoms with Crippen LogP contribution in [0.15, 0.2) is 53.5 Å². The molecule has 4 amide bonds. The van der Waals surface area contributed by atoms with E-state index in [1.165, 1.54) is 29.2 Å². The van der Waals surface area contributed by atoms with Gasteiger partial charge in [-0.05, 0) is 61.1 Å². The van der Waals surface area contributed by atoms with Crippen molar-refractivity contribution in [1.82, 2.24) is 20.9 Å². The van der Waals surface area contributed by atoms with Crippen molar-refractivity contribution in [2.24, 2.45) is 22.2 Å². The molecule has 0 saturated carbocycles. The van der Waals surface area contributed by atoms with Crippen molar-refractivity contribution in [3.05, 3.63) is 59.7 Å². The third kappa shape index (κ3) is 11.6. The average molecular weight is 699 g/mol. The first-order chi connectivity index (χ1) is 23.8. The maximum Gasteiger partial charge on any atom is 0.328 e. The number of hydrogen-bond acceptors (Lipinski definition) is 11. The zero-order valence-electron chi connectivity index (χ0n) is 27.8. The van der Waals surface area contributed by atoms with Crippen LogP contribution in [0.4, 0.5) is 0 Å². The van der Waals surface area contributed by atoms with Crippen LogP contribution in [-0.4, -0.2) is 113 Å². The molecular formula is C33H46N8O9. The number of hydrogen-bond donors (Lipinski definition) is 9. The number of aromatic hydroxyl groups is 2. The Bertz CT molecular complexity index is 1500. The maximum absolute atomic E-state index is 14.0. The molecule has 50 heavy (non-hydrogen) atoms. The maximum atomic E-state index is 14.0. The van der Waals surface area contributed by atoms with Crippen molar-refractivity contribution in [3.8, 4) is 11.5 Å². The van der Waals surface area contributed by atoms with Gasteiger partial charge in [0.15, 0.2) is 5.96 Å². The molecule has 272 valence electrons. The van der Waals surface area contributed by atoms with Crippen LogP contribution >= 0.6 is 0 Å². The predicted octanol–water partition coefficient (Wildman–Crippen LogP) is -2.13. The highest BCUT2D eigenvalue weighted by Gasteiger charge is 2.39. The number of aliphatic hydroxyl groups is 1. The van der Waals surface area contributed by atoms with Gasteiger partial charge in [0.1, 0.15) is 35.7 Å². The lowest BCUT2D eigenvalue weighted by molar-refractivity contribution is -0.146. The fourth-order valence-electron chi connectivity index (χ4n) is 5.44. The highest BCUT2D eigenvalue weighted by Crippen LogP contribution is 2.21. The molecular weight excluding hydrogens is 652 g/mol. The summed E-state index contributed by atoms with van der Waals surface area (Å²) in [5.74, 6) is -3.57. The van der Waals surface area contributed by atoms with Crippen LogP contribution in [0, 0.1) is 0 Å². The van der Waals surface area contributed by atoms with Crippen LogP contribution < -0.4 is 33.2 Å². The van der Waals surface area contributed by atoms with Crippen molar-refractivity contribution in [2.75, 3.05) is 26.8 Å². The summed E-state index contributed by atoms with van der Waals surface area (Å²) < 4.78 is 4.81. The molecule has 0 spiro atoms. The number of methoxy groups -OCH3 is 1. The SMILES string of the molecule is COC(=O)[C@H](Cc1ccc(O)cc1)NC(=O)[C@H](CO)NC(=O)[C@@H]1CCCN1C(=O)[C@H](Cc1ccc(O)cc1)NC(=O)[C@@H](N)CCCN=C(N)N. The third-order valence-corrected chi connectivity index (χ3v) is 8.13. The zero-order chi connectivity index (χ0) is 36.8.